The van der Waals surface area contributed by atoms with Gasteiger partial charge in [0.05, 0.1) is 16.3 Å². The van der Waals surface area contributed by atoms with E-state index in [9.17, 15) is 9.18 Å². The Morgan fingerprint density at radius 1 is 1.32 bits per heavy atom. The van der Waals surface area contributed by atoms with Crippen LogP contribution < -0.4 is 11.1 Å². The molecule has 3 N–H and O–H groups in total. The van der Waals surface area contributed by atoms with E-state index in [1.54, 1.807) is 18.2 Å². The number of rotatable bonds is 2. The van der Waals surface area contributed by atoms with Crippen LogP contribution in [0.3, 0.4) is 0 Å². The zero-order valence-electron chi connectivity index (χ0n) is 9.58. The van der Waals surface area contributed by atoms with Gasteiger partial charge in [-0.15, -0.1) is 0 Å². The molecule has 0 saturated heterocycles. The average Bonchev–Trinajstić information content (AvgIpc) is 2.36. The van der Waals surface area contributed by atoms with E-state index < -0.39 is 11.7 Å². The lowest BCUT2D eigenvalue weighted by molar-refractivity contribution is 0.102. The summed E-state index contributed by atoms with van der Waals surface area (Å²) in [6, 6.07) is 9.01. The molecule has 0 aliphatic heterocycles. The van der Waals surface area contributed by atoms with Gasteiger partial charge < -0.3 is 11.1 Å². The van der Waals surface area contributed by atoms with Crippen LogP contribution >= 0.6 is 27.5 Å². The highest BCUT2D eigenvalue weighted by molar-refractivity contribution is 9.10. The standard InChI is InChI=1S/C13H9BrClFN2O/c14-9-6-7(17)4-5-11(9)18-13(19)8-2-1-3-10(16)12(8)15/h1-6H,17H2,(H,18,19). The van der Waals surface area contributed by atoms with Gasteiger partial charge in [-0.1, -0.05) is 17.7 Å². The van der Waals surface area contributed by atoms with Crippen molar-refractivity contribution in [1.29, 1.82) is 0 Å². The first-order chi connectivity index (χ1) is 8.99. The van der Waals surface area contributed by atoms with Gasteiger partial charge in [0.15, 0.2) is 0 Å². The molecule has 1 amide bonds. The first-order valence-electron chi connectivity index (χ1n) is 5.29. The molecule has 6 heteroatoms. The highest BCUT2D eigenvalue weighted by Crippen LogP contribution is 2.26. The van der Waals surface area contributed by atoms with E-state index in [1.165, 1.54) is 18.2 Å². The second-order valence-corrected chi connectivity index (χ2v) is 5.03. The van der Waals surface area contributed by atoms with Crippen molar-refractivity contribution in [3.63, 3.8) is 0 Å². The minimum atomic E-state index is -0.634. The summed E-state index contributed by atoms with van der Waals surface area (Å²) in [5, 5.41) is 2.43. The Balaban J connectivity index is 2.28. The second-order valence-electron chi connectivity index (χ2n) is 3.79. The van der Waals surface area contributed by atoms with Crippen molar-refractivity contribution in [2.45, 2.75) is 0 Å². The van der Waals surface area contributed by atoms with Gasteiger partial charge in [0.2, 0.25) is 0 Å². The molecule has 98 valence electrons. The molecule has 2 aromatic carbocycles. The van der Waals surface area contributed by atoms with Crippen LogP contribution in [0, 0.1) is 5.82 Å². The van der Waals surface area contributed by atoms with Gasteiger partial charge >= 0.3 is 0 Å². The van der Waals surface area contributed by atoms with Crippen LogP contribution in [0.5, 0.6) is 0 Å². The quantitative estimate of drug-likeness (QED) is 0.807. The van der Waals surface area contributed by atoms with Gasteiger partial charge in [-0.05, 0) is 46.3 Å². The van der Waals surface area contributed by atoms with Crippen molar-refractivity contribution in [1.82, 2.24) is 0 Å². The number of nitrogen functional groups attached to an aromatic ring is 1. The van der Waals surface area contributed by atoms with E-state index in [4.69, 9.17) is 17.3 Å². The Morgan fingerprint density at radius 3 is 2.74 bits per heavy atom. The number of halogens is 3. The van der Waals surface area contributed by atoms with Gasteiger partial charge in [0, 0.05) is 10.2 Å². The maximum absolute atomic E-state index is 13.3. The fourth-order valence-corrected chi connectivity index (χ4v) is 2.21. The van der Waals surface area contributed by atoms with Crippen LogP contribution in [0.2, 0.25) is 5.02 Å². The number of nitrogens with two attached hydrogens (primary N) is 1. The van der Waals surface area contributed by atoms with Gasteiger partial charge in [-0.25, -0.2) is 4.39 Å². The summed E-state index contributed by atoms with van der Waals surface area (Å²) < 4.78 is 13.9. The van der Waals surface area contributed by atoms with Gasteiger partial charge in [0.1, 0.15) is 5.82 Å². The van der Waals surface area contributed by atoms with Crippen LogP contribution in [-0.4, -0.2) is 5.91 Å². The molecule has 0 atom stereocenters. The van der Waals surface area contributed by atoms with Gasteiger partial charge in [-0.2, -0.15) is 0 Å². The fraction of sp³-hybridized carbons (Fsp3) is 0. The third-order valence-electron chi connectivity index (χ3n) is 2.44. The van der Waals surface area contributed by atoms with Crippen LogP contribution in [0.15, 0.2) is 40.9 Å². The second kappa shape index (κ2) is 5.59. The largest absolute Gasteiger partial charge is 0.399 e. The minimum Gasteiger partial charge on any atom is -0.399 e. The topological polar surface area (TPSA) is 55.1 Å². The predicted molar refractivity (Wildman–Crippen MR) is 77.9 cm³/mol. The molecule has 0 aliphatic carbocycles. The molecule has 2 aromatic rings. The molecule has 0 aromatic heterocycles. The zero-order valence-corrected chi connectivity index (χ0v) is 11.9. The number of benzene rings is 2. The van der Waals surface area contributed by atoms with Crippen molar-refractivity contribution in [3.05, 3.63) is 57.3 Å². The third kappa shape index (κ3) is 3.05. The van der Waals surface area contributed by atoms with Crippen molar-refractivity contribution >= 4 is 44.8 Å². The number of amides is 1. The summed E-state index contributed by atoms with van der Waals surface area (Å²) in [5.41, 5.74) is 6.77. The molecule has 0 spiro atoms. The Kier molecular flexibility index (Phi) is 4.07. The van der Waals surface area contributed by atoms with E-state index >= 15 is 0 Å². The molecule has 19 heavy (non-hydrogen) atoms. The Labute approximate surface area is 122 Å². The maximum atomic E-state index is 13.3. The fourth-order valence-electron chi connectivity index (χ4n) is 1.50. The molecule has 3 nitrogen and oxygen atoms in total. The summed E-state index contributed by atoms with van der Waals surface area (Å²) in [7, 11) is 0. The van der Waals surface area contributed by atoms with E-state index in [0.29, 0.717) is 15.8 Å². The first-order valence-corrected chi connectivity index (χ1v) is 6.46. The molecule has 0 fully saturated rings. The minimum absolute atomic E-state index is 0.0744. The van der Waals surface area contributed by atoms with Gasteiger partial charge in [0.25, 0.3) is 5.91 Å². The molecule has 0 aliphatic rings. The number of hydrogen-bond acceptors (Lipinski definition) is 2. The molecule has 0 heterocycles. The van der Waals surface area contributed by atoms with Crippen molar-refractivity contribution < 1.29 is 9.18 Å². The van der Waals surface area contributed by atoms with Crippen LogP contribution in [-0.2, 0) is 0 Å². The summed E-state index contributed by atoms with van der Waals surface area (Å²) in [6.45, 7) is 0. The monoisotopic (exact) mass is 342 g/mol. The van der Waals surface area contributed by atoms with Crippen molar-refractivity contribution in [2.24, 2.45) is 0 Å². The SMILES string of the molecule is Nc1ccc(NC(=O)c2cccc(F)c2Cl)c(Br)c1. The number of carbonyl (C=O) groups is 1. The number of carbonyl (C=O) groups excluding carboxylic acids is 1. The molecule has 0 radical (unpaired) electrons. The van der Waals surface area contributed by atoms with Crippen molar-refractivity contribution in [2.75, 3.05) is 11.1 Å². The number of nitrogens with one attached hydrogen (secondary N) is 1. The Bertz CT molecular complexity index is 649. The number of anilines is 2. The molecular formula is C13H9BrClFN2O. The normalized spacial score (nSPS) is 10.3. The Hall–Kier alpha value is -1.59. The predicted octanol–water partition coefficient (Wildman–Crippen LogP) is 4.08. The lowest BCUT2D eigenvalue weighted by Crippen LogP contribution is -2.13. The summed E-state index contributed by atoms with van der Waals surface area (Å²) in [6.07, 6.45) is 0. The molecule has 2 rings (SSSR count). The lowest BCUT2D eigenvalue weighted by Gasteiger charge is -2.09. The van der Waals surface area contributed by atoms with Crippen LogP contribution in [0.4, 0.5) is 15.8 Å². The van der Waals surface area contributed by atoms with E-state index in [0.717, 1.165) is 0 Å². The average molecular weight is 344 g/mol. The van der Waals surface area contributed by atoms with Gasteiger partial charge in [-0.3, -0.25) is 4.79 Å². The highest BCUT2D eigenvalue weighted by atomic mass is 79.9. The van der Waals surface area contributed by atoms with Crippen LogP contribution in [0.1, 0.15) is 10.4 Å². The molecule has 0 bridgehead atoms. The summed E-state index contributed by atoms with van der Waals surface area (Å²) in [5.74, 6) is -1.12. The first kappa shape index (κ1) is 13.8. The summed E-state index contributed by atoms with van der Waals surface area (Å²) >= 11 is 9.03. The molecular weight excluding hydrogens is 335 g/mol. The Morgan fingerprint density at radius 2 is 2.05 bits per heavy atom. The third-order valence-corrected chi connectivity index (χ3v) is 3.48. The van der Waals surface area contributed by atoms with E-state index in [-0.39, 0.29) is 10.6 Å². The zero-order chi connectivity index (χ0) is 14.0. The van der Waals surface area contributed by atoms with E-state index in [2.05, 4.69) is 21.2 Å². The van der Waals surface area contributed by atoms with Crippen molar-refractivity contribution in [3.8, 4) is 0 Å². The smallest absolute Gasteiger partial charge is 0.257 e. The highest BCUT2D eigenvalue weighted by Gasteiger charge is 2.14. The molecule has 0 unspecified atom stereocenters. The number of hydrogen-bond donors (Lipinski definition) is 2. The van der Waals surface area contributed by atoms with E-state index in [1.807, 2.05) is 0 Å². The maximum Gasteiger partial charge on any atom is 0.257 e. The summed E-state index contributed by atoms with van der Waals surface area (Å²) in [4.78, 5) is 12.0. The lowest BCUT2D eigenvalue weighted by atomic mass is 10.2. The molecule has 0 saturated carbocycles. The van der Waals surface area contributed by atoms with Crippen LogP contribution in [0.25, 0.3) is 0 Å².